The second kappa shape index (κ2) is 12.6. The molecule has 2 N–H and O–H groups in total. The van der Waals surface area contributed by atoms with Gasteiger partial charge in [0.15, 0.2) is 0 Å². The molecule has 0 amide bonds. The zero-order valence-corrected chi connectivity index (χ0v) is 15.0. The van der Waals surface area contributed by atoms with E-state index in [1.165, 1.54) is 0 Å². The third kappa shape index (κ3) is 8.57. The molecule has 2 aliphatic heterocycles. The van der Waals surface area contributed by atoms with E-state index in [9.17, 15) is 9.59 Å². The van der Waals surface area contributed by atoms with Crippen molar-refractivity contribution < 1.29 is 38.7 Å². The van der Waals surface area contributed by atoms with E-state index < -0.39 is 11.9 Å². The van der Waals surface area contributed by atoms with Crippen molar-refractivity contribution in [3.63, 3.8) is 0 Å². The van der Waals surface area contributed by atoms with Crippen LogP contribution in [0.25, 0.3) is 0 Å². The van der Waals surface area contributed by atoms with Crippen LogP contribution in [0.2, 0.25) is 0 Å². The van der Waals surface area contributed by atoms with Gasteiger partial charge in [0, 0.05) is 13.2 Å². The molecule has 2 fully saturated rings. The van der Waals surface area contributed by atoms with Crippen molar-refractivity contribution in [2.75, 3.05) is 39.6 Å². The van der Waals surface area contributed by atoms with Crippen molar-refractivity contribution in [1.29, 1.82) is 0 Å². The molecule has 148 valence electrons. The summed E-state index contributed by atoms with van der Waals surface area (Å²) in [6.45, 7) is 7.99. The first-order valence-electron chi connectivity index (χ1n) is 8.62. The van der Waals surface area contributed by atoms with Gasteiger partial charge in [0.25, 0.3) is 0 Å². The number of rotatable bonds is 8. The SMILES string of the molecule is C=C(CO)C(=O)OCC1CCCO1.C=C(CO)C(=O)OCC1CCCO1. The number of hydrogen-bond donors (Lipinski definition) is 2. The first-order chi connectivity index (χ1) is 12.5. The van der Waals surface area contributed by atoms with Crippen LogP contribution in [0.5, 0.6) is 0 Å². The van der Waals surface area contributed by atoms with Crippen molar-refractivity contribution in [3.05, 3.63) is 24.3 Å². The van der Waals surface area contributed by atoms with Crippen molar-refractivity contribution in [2.45, 2.75) is 37.9 Å². The van der Waals surface area contributed by atoms with E-state index in [-0.39, 0.29) is 49.8 Å². The topological polar surface area (TPSA) is 112 Å². The summed E-state index contributed by atoms with van der Waals surface area (Å²) in [7, 11) is 0. The minimum absolute atomic E-state index is 0.0236. The lowest BCUT2D eigenvalue weighted by Gasteiger charge is -2.10. The predicted octanol–water partition coefficient (Wildman–Crippen LogP) is 0.514. The molecular formula is C18H28O8. The predicted molar refractivity (Wildman–Crippen MR) is 92.3 cm³/mol. The maximum absolute atomic E-state index is 11.0. The van der Waals surface area contributed by atoms with Crippen LogP contribution in [0, 0.1) is 0 Å². The van der Waals surface area contributed by atoms with Crippen LogP contribution in [-0.4, -0.2) is 74.0 Å². The van der Waals surface area contributed by atoms with Gasteiger partial charge in [0.1, 0.15) is 13.2 Å². The Bertz CT molecular complexity index is 432. The number of aliphatic hydroxyl groups excluding tert-OH is 2. The van der Waals surface area contributed by atoms with Gasteiger partial charge in [-0.15, -0.1) is 0 Å². The number of carbonyl (C=O) groups is 2. The largest absolute Gasteiger partial charge is 0.460 e. The molecule has 8 heteroatoms. The lowest BCUT2D eigenvalue weighted by molar-refractivity contribution is -0.143. The van der Waals surface area contributed by atoms with Gasteiger partial charge in [-0.3, -0.25) is 0 Å². The molecule has 2 unspecified atom stereocenters. The van der Waals surface area contributed by atoms with E-state index in [1.54, 1.807) is 0 Å². The number of aliphatic hydroxyl groups is 2. The molecular weight excluding hydrogens is 344 g/mol. The molecule has 2 rings (SSSR count). The molecule has 0 radical (unpaired) electrons. The first kappa shape index (κ1) is 22.3. The van der Waals surface area contributed by atoms with Gasteiger partial charge in [-0.25, -0.2) is 9.59 Å². The standard InChI is InChI=1S/2C9H14O4/c2*1-7(5-10)9(11)13-6-8-3-2-4-12-8/h2*8,10H,1-6H2. The zero-order valence-electron chi connectivity index (χ0n) is 15.0. The van der Waals surface area contributed by atoms with Crippen molar-refractivity contribution in [1.82, 2.24) is 0 Å². The Morgan fingerprint density at radius 3 is 1.50 bits per heavy atom. The third-order valence-electron chi connectivity index (χ3n) is 3.81. The summed E-state index contributed by atoms with van der Waals surface area (Å²) in [4.78, 5) is 22.0. The van der Waals surface area contributed by atoms with Crippen molar-refractivity contribution in [3.8, 4) is 0 Å². The zero-order chi connectivity index (χ0) is 19.4. The number of carbonyl (C=O) groups excluding carboxylic acids is 2. The van der Waals surface area contributed by atoms with Crippen LogP contribution in [0.15, 0.2) is 24.3 Å². The van der Waals surface area contributed by atoms with Crippen LogP contribution >= 0.6 is 0 Å². The average molecular weight is 372 g/mol. The van der Waals surface area contributed by atoms with E-state index in [4.69, 9.17) is 29.2 Å². The van der Waals surface area contributed by atoms with E-state index in [0.717, 1.165) is 38.9 Å². The number of ether oxygens (including phenoxy) is 4. The van der Waals surface area contributed by atoms with Crippen LogP contribution in [0.3, 0.4) is 0 Å². The van der Waals surface area contributed by atoms with Gasteiger partial charge in [-0.05, 0) is 25.7 Å². The van der Waals surface area contributed by atoms with Crippen LogP contribution < -0.4 is 0 Å². The highest BCUT2D eigenvalue weighted by atomic mass is 16.6. The van der Waals surface area contributed by atoms with Crippen molar-refractivity contribution >= 4 is 11.9 Å². The third-order valence-corrected chi connectivity index (χ3v) is 3.81. The van der Waals surface area contributed by atoms with Crippen LogP contribution in [-0.2, 0) is 28.5 Å². The molecule has 0 bridgehead atoms. The maximum atomic E-state index is 11.0. The van der Waals surface area contributed by atoms with Gasteiger partial charge in [0.2, 0.25) is 0 Å². The molecule has 2 heterocycles. The maximum Gasteiger partial charge on any atom is 0.335 e. The van der Waals surface area contributed by atoms with E-state index in [1.807, 2.05) is 0 Å². The monoisotopic (exact) mass is 372 g/mol. The van der Waals surface area contributed by atoms with E-state index in [2.05, 4.69) is 13.2 Å². The van der Waals surface area contributed by atoms with Crippen LogP contribution in [0.4, 0.5) is 0 Å². The molecule has 2 saturated heterocycles. The Balaban J connectivity index is 0.000000260. The second-order valence-corrected chi connectivity index (χ2v) is 5.99. The Kier molecular flexibility index (Phi) is 10.8. The van der Waals surface area contributed by atoms with Gasteiger partial charge in [-0.1, -0.05) is 13.2 Å². The molecule has 0 aromatic carbocycles. The molecule has 2 aliphatic rings. The molecule has 0 aliphatic carbocycles. The fourth-order valence-corrected chi connectivity index (χ4v) is 2.22. The highest BCUT2D eigenvalue weighted by Crippen LogP contribution is 2.13. The Labute approximate surface area is 153 Å². The Hall–Kier alpha value is -1.74. The fourth-order valence-electron chi connectivity index (χ4n) is 2.22. The number of hydrogen-bond acceptors (Lipinski definition) is 8. The first-order valence-corrected chi connectivity index (χ1v) is 8.62. The lowest BCUT2D eigenvalue weighted by Crippen LogP contribution is -2.19. The van der Waals surface area contributed by atoms with Gasteiger partial charge >= 0.3 is 11.9 Å². The van der Waals surface area contributed by atoms with Gasteiger partial charge in [0.05, 0.1) is 36.6 Å². The normalized spacial score (nSPS) is 21.5. The summed E-state index contributed by atoms with van der Waals surface area (Å²) in [5.74, 6) is -1.09. The summed E-state index contributed by atoms with van der Waals surface area (Å²) in [6, 6.07) is 0. The summed E-state index contributed by atoms with van der Waals surface area (Å²) in [5.41, 5.74) is 0.163. The Morgan fingerprint density at radius 1 is 0.846 bits per heavy atom. The summed E-state index contributed by atoms with van der Waals surface area (Å²) < 4.78 is 20.2. The van der Waals surface area contributed by atoms with E-state index >= 15 is 0 Å². The Morgan fingerprint density at radius 2 is 1.23 bits per heavy atom. The van der Waals surface area contributed by atoms with Crippen molar-refractivity contribution in [2.24, 2.45) is 0 Å². The average Bonchev–Trinajstić information content (AvgIpc) is 3.37. The van der Waals surface area contributed by atoms with Gasteiger partial charge < -0.3 is 29.2 Å². The number of esters is 2. The molecule has 0 saturated carbocycles. The minimum atomic E-state index is -0.544. The summed E-state index contributed by atoms with van der Waals surface area (Å²) >= 11 is 0. The highest BCUT2D eigenvalue weighted by Gasteiger charge is 2.19. The molecule has 26 heavy (non-hydrogen) atoms. The fraction of sp³-hybridized carbons (Fsp3) is 0.667. The van der Waals surface area contributed by atoms with E-state index in [0.29, 0.717) is 0 Å². The summed E-state index contributed by atoms with van der Waals surface area (Å²) in [6.07, 6.45) is 3.94. The molecule has 0 spiro atoms. The summed E-state index contributed by atoms with van der Waals surface area (Å²) in [5, 5.41) is 17.1. The molecule has 2 atom stereocenters. The quantitative estimate of drug-likeness (QED) is 0.468. The molecule has 8 nitrogen and oxygen atoms in total. The smallest absolute Gasteiger partial charge is 0.335 e. The lowest BCUT2D eigenvalue weighted by atomic mass is 10.2. The van der Waals surface area contributed by atoms with Crippen LogP contribution in [0.1, 0.15) is 25.7 Å². The second-order valence-electron chi connectivity index (χ2n) is 5.99. The highest BCUT2D eigenvalue weighted by molar-refractivity contribution is 5.88. The molecule has 0 aromatic rings. The minimum Gasteiger partial charge on any atom is -0.460 e. The molecule has 0 aromatic heterocycles. The van der Waals surface area contributed by atoms with Gasteiger partial charge in [-0.2, -0.15) is 0 Å².